The molecule has 0 amide bonds. The summed E-state index contributed by atoms with van der Waals surface area (Å²) < 4.78 is 0. The highest BCUT2D eigenvalue weighted by Gasteiger charge is 2.11. The Kier molecular flexibility index (Phi) is 1.82. The largest absolute Gasteiger partial charge is 0.147 e. The van der Waals surface area contributed by atoms with Crippen LogP contribution in [0.25, 0.3) is 0 Å². The third kappa shape index (κ3) is 1.13. The minimum atomic E-state index is 0.653. The highest BCUT2D eigenvalue weighted by Crippen LogP contribution is 2.36. The Hall–Kier alpha value is -0.210. The van der Waals surface area contributed by atoms with Gasteiger partial charge >= 0.3 is 0 Å². The van der Waals surface area contributed by atoms with E-state index < -0.39 is 0 Å². The number of thioether (sulfide) groups is 1. The molecule has 0 N–H and O–H groups in total. The Bertz CT molecular complexity index is 223. The predicted molar refractivity (Wildman–Crippen MR) is 48.7 cm³/mol. The molecule has 0 radical (unpaired) electrons. The van der Waals surface area contributed by atoms with E-state index in [9.17, 15) is 0 Å². The first-order valence-corrected chi connectivity index (χ1v) is 5.21. The standard InChI is InChI=1S/C8H8S2/c1-3-7(9-5-1)8-4-2-6-10-8/h1-5,8H,6H2. The van der Waals surface area contributed by atoms with Crippen LogP contribution in [0.15, 0.2) is 29.7 Å². The Morgan fingerprint density at radius 1 is 1.50 bits per heavy atom. The summed E-state index contributed by atoms with van der Waals surface area (Å²) in [7, 11) is 0. The smallest absolute Gasteiger partial charge is 0.0574 e. The van der Waals surface area contributed by atoms with Gasteiger partial charge in [0.25, 0.3) is 0 Å². The Morgan fingerprint density at radius 3 is 3.10 bits per heavy atom. The van der Waals surface area contributed by atoms with Crippen molar-refractivity contribution in [1.82, 2.24) is 0 Å². The maximum atomic E-state index is 2.29. The summed E-state index contributed by atoms with van der Waals surface area (Å²) in [5.41, 5.74) is 0. The first-order valence-electron chi connectivity index (χ1n) is 3.28. The summed E-state index contributed by atoms with van der Waals surface area (Å²) in [6, 6.07) is 4.32. The third-order valence-corrected chi connectivity index (χ3v) is 3.77. The van der Waals surface area contributed by atoms with Crippen molar-refractivity contribution in [3.63, 3.8) is 0 Å². The van der Waals surface area contributed by atoms with E-state index in [0.29, 0.717) is 5.25 Å². The molecule has 2 heteroatoms. The minimum absolute atomic E-state index is 0.653. The SMILES string of the molecule is C1=CC(c2cccs2)SC1. The Morgan fingerprint density at radius 2 is 2.50 bits per heavy atom. The summed E-state index contributed by atoms with van der Waals surface area (Å²) in [4.78, 5) is 1.48. The lowest BCUT2D eigenvalue weighted by molar-refractivity contribution is 1.32. The highest BCUT2D eigenvalue weighted by molar-refractivity contribution is 8.00. The van der Waals surface area contributed by atoms with Crippen molar-refractivity contribution < 1.29 is 0 Å². The van der Waals surface area contributed by atoms with Gasteiger partial charge in [0, 0.05) is 10.6 Å². The molecule has 0 spiro atoms. The zero-order valence-electron chi connectivity index (χ0n) is 5.49. The van der Waals surface area contributed by atoms with Gasteiger partial charge < -0.3 is 0 Å². The van der Waals surface area contributed by atoms with Crippen LogP contribution in [0.3, 0.4) is 0 Å². The average Bonchev–Trinajstić information content (AvgIpc) is 2.59. The van der Waals surface area contributed by atoms with Gasteiger partial charge in [0.2, 0.25) is 0 Å². The lowest BCUT2D eigenvalue weighted by Gasteiger charge is -2.00. The zero-order chi connectivity index (χ0) is 6.81. The summed E-state index contributed by atoms with van der Waals surface area (Å²) in [6.45, 7) is 0. The average molecular weight is 168 g/mol. The molecule has 0 saturated heterocycles. The fourth-order valence-electron chi connectivity index (χ4n) is 1.02. The molecule has 2 rings (SSSR count). The molecule has 1 aromatic rings. The molecule has 1 aromatic heterocycles. The summed E-state index contributed by atoms with van der Waals surface area (Å²) in [6.07, 6.45) is 4.53. The second-order valence-corrected chi connectivity index (χ2v) is 4.35. The molecule has 1 aliphatic rings. The van der Waals surface area contributed by atoms with Crippen LogP contribution in [0.2, 0.25) is 0 Å². The van der Waals surface area contributed by atoms with Crippen LogP contribution in [0.1, 0.15) is 10.1 Å². The van der Waals surface area contributed by atoms with Gasteiger partial charge in [-0.1, -0.05) is 18.2 Å². The van der Waals surface area contributed by atoms with Crippen LogP contribution in [0.5, 0.6) is 0 Å². The summed E-state index contributed by atoms with van der Waals surface area (Å²) >= 11 is 3.85. The van der Waals surface area contributed by atoms with Gasteiger partial charge in [-0.3, -0.25) is 0 Å². The molecule has 0 aliphatic carbocycles. The van der Waals surface area contributed by atoms with E-state index in [1.54, 1.807) is 0 Å². The highest BCUT2D eigenvalue weighted by atomic mass is 32.2. The van der Waals surface area contributed by atoms with Crippen molar-refractivity contribution in [2.24, 2.45) is 0 Å². The van der Waals surface area contributed by atoms with Gasteiger partial charge in [-0.25, -0.2) is 0 Å². The van der Waals surface area contributed by atoms with E-state index in [0.717, 1.165) is 0 Å². The Balaban J connectivity index is 2.20. The molecule has 10 heavy (non-hydrogen) atoms. The van der Waals surface area contributed by atoms with E-state index >= 15 is 0 Å². The second-order valence-electron chi connectivity index (χ2n) is 2.20. The molecule has 1 aliphatic heterocycles. The molecule has 1 unspecified atom stereocenters. The van der Waals surface area contributed by atoms with Crippen LogP contribution in [-0.4, -0.2) is 5.75 Å². The van der Waals surface area contributed by atoms with Crippen LogP contribution < -0.4 is 0 Å². The van der Waals surface area contributed by atoms with E-state index in [2.05, 4.69) is 29.7 Å². The fraction of sp³-hybridized carbons (Fsp3) is 0.250. The van der Waals surface area contributed by atoms with Crippen molar-refractivity contribution in [2.75, 3.05) is 5.75 Å². The molecule has 0 nitrogen and oxygen atoms in total. The van der Waals surface area contributed by atoms with Gasteiger partial charge in [0.15, 0.2) is 0 Å². The van der Waals surface area contributed by atoms with Gasteiger partial charge in [-0.05, 0) is 11.4 Å². The van der Waals surface area contributed by atoms with Crippen molar-refractivity contribution in [1.29, 1.82) is 0 Å². The first kappa shape index (κ1) is 6.50. The molecule has 52 valence electrons. The van der Waals surface area contributed by atoms with Gasteiger partial charge in [0.1, 0.15) is 0 Å². The quantitative estimate of drug-likeness (QED) is 0.581. The number of rotatable bonds is 1. The Labute approximate surface area is 69.0 Å². The van der Waals surface area contributed by atoms with Gasteiger partial charge in [-0.2, -0.15) is 0 Å². The van der Waals surface area contributed by atoms with E-state index in [-0.39, 0.29) is 0 Å². The third-order valence-electron chi connectivity index (χ3n) is 1.51. The van der Waals surface area contributed by atoms with Crippen molar-refractivity contribution >= 4 is 23.1 Å². The fourth-order valence-corrected chi connectivity index (χ4v) is 2.97. The molecule has 2 heterocycles. The zero-order valence-corrected chi connectivity index (χ0v) is 7.12. The van der Waals surface area contributed by atoms with Gasteiger partial charge in [0.05, 0.1) is 5.25 Å². The second kappa shape index (κ2) is 2.81. The number of hydrogen-bond acceptors (Lipinski definition) is 2. The predicted octanol–water partition coefficient (Wildman–Crippen LogP) is 3.09. The lowest BCUT2D eigenvalue weighted by Crippen LogP contribution is -1.78. The van der Waals surface area contributed by atoms with Crippen molar-refractivity contribution in [3.05, 3.63) is 34.5 Å². The van der Waals surface area contributed by atoms with E-state index in [1.807, 2.05) is 23.1 Å². The number of thiophene rings is 1. The topological polar surface area (TPSA) is 0 Å². The van der Waals surface area contributed by atoms with Crippen LogP contribution in [0, 0.1) is 0 Å². The molecule has 0 saturated carbocycles. The van der Waals surface area contributed by atoms with Crippen LogP contribution in [-0.2, 0) is 0 Å². The lowest BCUT2D eigenvalue weighted by atomic mass is 10.3. The molecule has 0 aromatic carbocycles. The van der Waals surface area contributed by atoms with Crippen molar-refractivity contribution in [3.8, 4) is 0 Å². The van der Waals surface area contributed by atoms with E-state index in [1.165, 1.54) is 10.6 Å². The number of hydrogen-bond donors (Lipinski definition) is 0. The monoisotopic (exact) mass is 168 g/mol. The molecule has 0 fully saturated rings. The summed E-state index contributed by atoms with van der Waals surface area (Å²) in [5.74, 6) is 1.18. The van der Waals surface area contributed by atoms with Crippen molar-refractivity contribution in [2.45, 2.75) is 5.25 Å². The molecule has 1 atom stereocenters. The molecule has 0 bridgehead atoms. The van der Waals surface area contributed by atoms with Gasteiger partial charge in [-0.15, -0.1) is 23.1 Å². The molecular formula is C8H8S2. The van der Waals surface area contributed by atoms with E-state index in [4.69, 9.17) is 0 Å². The normalized spacial score (nSPS) is 23.8. The minimum Gasteiger partial charge on any atom is -0.147 e. The maximum absolute atomic E-state index is 2.29. The maximum Gasteiger partial charge on any atom is 0.0574 e. The van der Waals surface area contributed by atoms with Crippen LogP contribution in [0.4, 0.5) is 0 Å². The summed E-state index contributed by atoms with van der Waals surface area (Å²) in [5, 5.41) is 2.79. The first-order chi connectivity index (χ1) is 4.97. The molecular weight excluding hydrogens is 160 g/mol. The van der Waals surface area contributed by atoms with Crippen LogP contribution >= 0.6 is 23.1 Å².